The molecule has 0 heterocycles. The van der Waals surface area contributed by atoms with Gasteiger partial charge in [-0.1, -0.05) is 29.8 Å². The molecule has 0 bridgehead atoms. The first-order valence-electron chi connectivity index (χ1n) is 4.99. The number of carbonyl (C=O) groups is 1. The normalized spacial score (nSPS) is 11.3. The van der Waals surface area contributed by atoms with E-state index in [-0.39, 0.29) is 6.54 Å². The zero-order valence-electron chi connectivity index (χ0n) is 8.85. The van der Waals surface area contributed by atoms with Crippen molar-refractivity contribution in [3.8, 4) is 0 Å². The lowest BCUT2D eigenvalue weighted by molar-refractivity contribution is -0.173. The Kier molecular flexibility index (Phi) is 4.81. The van der Waals surface area contributed by atoms with Crippen LogP contribution in [-0.2, 0) is 11.2 Å². The number of halogens is 4. The molecule has 1 amide bonds. The highest BCUT2D eigenvalue weighted by molar-refractivity contribution is 6.31. The fraction of sp³-hybridized carbons (Fsp3) is 0.364. The third-order valence-corrected chi connectivity index (χ3v) is 2.49. The van der Waals surface area contributed by atoms with Crippen LogP contribution < -0.4 is 5.32 Å². The molecular formula is C11H11ClF3NO. The molecule has 0 fully saturated rings. The Morgan fingerprint density at radius 3 is 2.53 bits per heavy atom. The van der Waals surface area contributed by atoms with E-state index < -0.39 is 12.1 Å². The average Bonchev–Trinajstić information content (AvgIpc) is 2.25. The van der Waals surface area contributed by atoms with E-state index in [2.05, 4.69) is 0 Å². The van der Waals surface area contributed by atoms with E-state index in [1.165, 1.54) is 0 Å². The number of benzene rings is 1. The van der Waals surface area contributed by atoms with Crippen molar-refractivity contribution in [1.29, 1.82) is 0 Å². The molecule has 1 rings (SSSR count). The maximum Gasteiger partial charge on any atom is 0.471 e. The van der Waals surface area contributed by atoms with Gasteiger partial charge < -0.3 is 5.32 Å². The van der Waals surface area contributed by atoms with E-state index in [0.29, 0.717) is 17.9 Å². The minimum atomic E-state index is -4.82. The van der Waals surface area contributed by atoms with Gasteiger partial charge in [-0.3, -0.25) is 4.79 Å². The van der Waals surface area contributed by atoms with Gasteiger partial charge in [-0.05, 0) is 24.5 Å². The Morgan fingerprint density at radius 2 is 1.94 bits per heavy atom. The van der Waals surface area contributed by atoms with Crippen LogP contribution in [0.5, 0.6) is 0 Å². The Hall–Kier alpha value is -1.23. The summed E-state index contributed by atoms with van der Waals surface area (Å²) in [5.41, 5.74) is 0.857. The first kappa shape index (κ1) is 13.8. The van der Waals surface area contributed by atoms with E-state index in [4.69, 9.17) is 11.6 Å². The standard InChI is InChI=1S/C11H11ClF3NO/c12-9-6-2-1-4-8(9)5-3-7-16-10(17)11(13,14)15/h1-2,4,6H,3,5,7H2,(H,16,17). The molecule has 0 radical (unpaired) electrons. The molecule has 6 heteroatoms. The molecule has 0 saturated carbocycles. The summed E-state index contributed by atoms with van der Waals surface area (Å²) in [4.78, 5) is 10.5. The quantitative estimate of drug-likeness (QED) is 0.833. The zero-order valence-corrected chi connectivity index (χ0v) is 9.61. The maximum absolute atomic E-state index is 11.8. The lowest BCUT2D eigenvalue weighted by Crippen LogP contribution is -2.37. The van der Waals surface area contributed by atoms with Crippen molar-refractivity contribution >= 4 is 17.5 Å². The summed E-state index contributed by atoms with van der Waals surface area (Å²) in [5, 5.41) is 2.38. The molecule has 0 aliphatic carbocycles. The highest BCUT2D eigenvalue weighted by atomic mass is 35.5. The summed E-state index contributed by atoms with van der Waals surface area (Å²) in [6, 6.07) is 7.09. The molecule has 0 aliphatic rings. The summed E-state index contributed by atoms with van der Waals surface area (Å²) in [6.45, 7) is -0.0242. The monoisotopic (exact) mass is 265 g/mol. The third kappa shape index (κ3) is 4.65. The van der Waals surface area contributed by atoms with Gasteiger partial charge in [-0.15, -0.1) is 0 Å². The Balaban J connectivity index is 2.30. The molecule has 0 unspecified atom stereocenters. The molecule has 0 atom stereocenters. The van der Waals surface area contributed by atoms with Gasteiger partial charge in [0.1, 0.15) is 0 Å². The van der Waals surface area contributed by atoms with Crippen molar-refractivity contribution in [1.82, 2.24) is 5.32 Å². The number of rotatable bonds is 4. The van der Waals surface area contributed by atoms with Gasteiger partial charge in [0.05, 0.1) is 0 Å². The molecule has 94 valence electrons. The van der Waals surface area contributed by atoms with Gasteiger partial charge in [0.15, 0.2) is 0 Å². The summed E-state index contributed by atoms with van der Waals surface area (Å²) in [7, 11) is 0. The molecule has 0 spiro atoms. The second-order valence-corrected chi connectivity index (χ2v) is 3.86. The van der Waals surface area contributed by atoms with Crippen LogP contribution in [0.1, 0.15) is 12.0 Å². The number of amides is 1. The molecule has 17 heavy (non-hydrogen) atoms. The van der Waals surface area contributed by atoms with Crippen molar-refractivity contribution in [2.75, 3.05) is 6.54 Å². The highest BCUT2D eigenvalue weighted by Gasteiger charge is 2.38. The first-order valence-corrected chi connectivity index (χ1v) is 5.37. The third-order valence-electron chi connectivity index (χ3n) is 2.12. The van der Waals surface area contributed by atoms with Crippen LogP contribution in [0.4, 0.5) is 13.2 Å². The van der Waals surface area contributed by atoms with Crippen molar-refractivity contribution in [3.63, 3.8) is 0 Å². The van der Waals surface area contributed by atoms with E-state index in [9.17, 15) is 18.0 Å². The molecule has 1 N–H and O–H groups in total. The molecule has 1 aromatic carbocycles. The van der Waals surface area contributed by atoms with Gasteiger partial charge in [0.2, 0.25) is 0 Å². The van der Waals surface area contributed by atoms with Crippen molar-refractivity contribution in [2.45, 2.75) is 19.0 Å². The van der Waals surface area contributed by atoms with E-state index in [0.717, 1.165) is 5.56 Å². The molecular weight excluding hydrogens is 255 g/mol. The number of carbonyl (C=O) groups excluding carboxylic acids is 1. The number of alkyl halides is 3. The smallest absolute Gasteiger partial charge is 0.348 e. The van der Waals surface area contributed by atoms with Crippen molar-refractivity contribution in [2.24, 2.45) is 0 Å². The lowest BCUT2D eigenvalue weighted by atomic mass is 10.1. The summed E-state index contributed by atoms with van der Waals surface area (Å²) < 4.78 is 35.5. The maximum atomic E-state index is 11.8. The largest absolute Gasteiger partial charge is 0.471 e. The summed E-state index contributed by atoms with van der Waals surface area (Å²) in [6.07, 6.45) is -3.88. The molecule has 0 saturated heterocycles. The van der Waals surface area contributed by atoms with Gasteiger partial charge in [0, 0.05) is 11.6 Å². The van der Waals surface area contributed by atoms with Gasteiger partial charge >= 0.3 is 12.1 Å². The Morgan fingerprint density at radius 1 is 1.29 bits per heavy atom. The van der Waals surface area contributed by atoms with E-state index in [1.54, 1.807) is 29.6 Å². The predicted molar refractivity (Wildman–Crippen MR) is 58.8 cm³/mol. The van der Waals surface area contributed by atoms with Crippen LogP contribution in [-0.4, -0.2) is 18.6 Å². The summed E-state index contributed by atoms with van der Waals surface area (Å²) >= 11 is 5.87. The molecule has 0 aromatic heterocycles. The van der Waals surface area contributed by atoms with Crippen LogP contribution in [0.15, 0.2) is 24.3 Å². The molecule has 1 aromatic rings. The number of hydrogen-bond donors (Lipinski definition) is 1. The number of hydrogen-bond acceptors (Lipinski definition) is 1. The minimum Gasteiger partial charge on any atom is -0.348 e. The minimum absolute atomic E-state index is 0.0242. The van der Waals surface area contributed by atoms with Crippen LogP contribution in [0.2, 0.25) is 5.02 Å². The van der Waals surface area contributed by atoms with Gasteiger partial charge in [-0.25, -0.2) is 0 Å². The van der Waals surface area contributed by atoms with Gasteiger partial charge in [-0.2, -0.15) is 13.2 Å². The Bertz CT molecular complexity index is 393. The summed E-state index contributed by atoms with van der Waals surface area (Å²) in [5.74, 6) is -1.91. The van der Waals surface area contributed by atoms with E-state index in [1.807, 2.05) is 0 Å². The zero-order chi connectivity index (χ0) is 12.9. The van der Waals surface area contributed by atoms with Crippen LogP contribution in [0.25, 0.3) is 0 Å². The number of nitrogens with one attached hydrogen (secondary N) is 1. The Labute approximate surface area is 102 Å². The van der Waals surface area contributed by atoms with Gasteiger partial charge in [0.25, 0.3) is 0 Å². The van der Waals surface area contributed by atoms with Crippen molar-refractivity contribution in [3.05, 3.63) is 34.9 Å². The van der Waals surface area contributed by atoms with Crippen molar-refractivity contribution < 1.29 is 18.0 Å². The molecule has 2 nitrogen and oxygen atoms in total. The highest BCUT2D eigenvalue weighted by Crippen LogP contribution is 2.17. The fourth-order valence-corrected chi connectivity index (χ4v) is 1.51. The van der Waals surface area contributed by atoms with Crippen LogP contribution >= 0.6 is 11.6 Å². The van der Waals surface area contributed by atoms with E-state index >= 15 is 0 Å². The van der Waals surface area contributed by atoms with Crippen LogP contribution in [0, 0.1) is 0 Å². The number of aryl methyl sites for hydroxylation is 1. The average molecular weight is 266 g/mol. The second-order valence-electron chi connectivity index (χ2n) is 3.45. The van der Waals surface area contributed by atoms with Crippen LogP contribution in [0.3, 0.4) is 0 Å². The topological polar surface area (TPSA) is 29.1 Å². The second kappa shape index (κ2) is 5.91. The fourth-order valence-electron chi connectivity index (χ4n) is 1.28. The lowest BCUT2D eigenvalue weighted by Gasteiger charge is -2.08. The first-order chi connectivity index (χ1) is 7.91. The predicted octanol–water partition coefficient (Wildman–Crippen LogP) is 2.95. The SMILES string of the molecule is O=C(NCCCc1ccccc1Cl)C(F)(F)F. The molecule has 0 aliphatic heterocycles.